The third kappa shape index (κ3) is 1.85. The van der Waals surface area contributed by atoms with Crippen LogP contribution in [0.5, 0.6) is 5.75 Å². The first-order chi connectivity index (χ1) is 9.09. The zero-order valence-electron chi connectivity index (χ0n) is 11.5. The zero-order valence-corrected chi connectivity index (χ0v) is 11.5. The molecule has 0 saturated carbocycles. The van der Waals surface area contributed by atoms with Gasteiger partial charge in [-0.3, -0.25) is 0 Å². The number of aryl methyl sites for hydroxylation is 2. The number of ether oxygens (including phenoxy) is 1. The average molecular weight is 258 g/mol. The highest BCUT2D eigenvalue weighted by Crippen LogP contribution is 2.39. The number of aliphatic hydroxyl groups is 1. The van der Waals surface area contributed by atoms with Crippen molar-refractivity contribution in [3.63, 3.8) is 0 Å². The normalized spacial score (nSPS) is 15.2. The van der Waals surface area contributed by atoms with Gasteiger partial charge >= 0.3 is 0 Å². The fourth-order valence-corrected chi connectivity index (χ4v) is 2.82. The molecule has 0 bridgehead atoms. The smallest absolute Gasteiger partial charge is 0.128 e. The van der Waals surface area contributed by atoms with Crippen LogP contribution in [0.2, 0.25) is 0 Å². The van der Waals surface area contributed by atoms with Crippen LogP contribution in [0, 0.1) is 20.8 Å². The molecular formula is C16H18O3. The molecule has 19 heavy (non-hydrogen) atoms. The number of furan rings is 1. The van der Waals surface area contributed by atoms with E-state index in [1.165, 1.54) is 5.56 Å². The monoisotopic (exact) mass is 258 g/mol. The highest BCUT2D eigenvalue weighted by atomic mass is 16.5. The second-order valence-corrected chi connectivity index (χ2v) is 5.09. The van der Waals surface area contributed by atoms with Gasteiger partial charge in [0.25, 0.3) is 0 Å². The van der Waals surface area contributed by atoms with E-state index in [0.717, 1.165) is 40.4 Å². The Morgan fingerprint density at radius 2 is 1.95 bits per heavy atom. The van der Waals surface area contributed by atoms with Crippen molar-refractivity contribution in [1.82, 2.24) is 0 Å². The summed E-state index contributed by atoms with van der Waals surface area (Å²) in [4.78, 5) is 0. The summed E-state index contributed by atoms with van der Waals surface area (Å²) in [5.74, 6) is 2.48. The minimum Gasteiger partial charge on any atom is -0.493 e. The topological polar surface area (TPSA) is 42.6 Å². The number of benzene rings is 1. The highest BCUT2D eigenvalue weighted by molar-refractivity contribution is 5.49. The summed E-state index contributed by atoms with van der Waals surface area (Å²) in [6.07, 6.45) is 0.226. The maximum Gasteiger partial charge on any atom is 0.128 e. The summed E-state index contributed by atoms with van der Waals surface area (Å²) in [5.41, 5.74) is 3.89. The number of hydrogen-bond acceptors (Lipinski definition) is 3. The molecule has 1 aromatic heterocycles. The Hall–Kier alpha value is -1.74. The number of fused-ring (bicyclic) bond motifs is 1. The van der Waals surface area contributed by atoms with Gasteiger partial charge in [0.05, 0.1) is 6.61 Å². The molecule has 0 spiro atoms. The number of hydrogen-bond donors (Lipinski definition) is 1. The van der Waals surface area contributed by atoms with Crippen LogP contribution in [0.15, 0.2) is 22.6 Å². The molecule has 3 nitrogen and oxygen atoms in total. The third-order valence-electron chi connectivity index (χ3n) is 3.93. The zero-order chi connectivity index (χ0) is 13.6. The van der Waals surface area contributed by atoms with Crippen LogP contribution in [0.4, 0.5) is 0 Å². The maximum atomic E-state index is 10.7. The quantitative estimate of drug-likeness (QED) is 0.899. The van der Waals surface area contributed by atoms with Crippen molar-refractivity contribution in [3.05, 3.63) is 52.0 Å². The first kappa shape index (κ1) is 12.3. The SMILES string of the molecule is Cc1oc(C)c(C(O)c2cccc3c2OCC3)c1C. The summed E-state index contributed by atoms with van der Waals surface area (Å²) < 4.78 is 11.3. The van der Waals surface area contributed by atoms with Gasteiger partial charge in [-0.25, -0.2) is 0 Å². The Kier molecular flexibility index (Phi) is 2.86. The molecule has 1 aliphatic rings. The van der Waals surface area contributed by atoms with Crippen molar-refractivity contribution in [2.75, 3.05) is 6.61 Å². The van der Waals surface area contributed by atoms with E-state index < -0.39 is 6.10 Å². The Morgan fingerprint density at radius 3 is 2.63 bits per heavy atom. The van der Waals surface area contributed by atoms with Crippen LogP contribution in [0.25, 0.3) is 0 Å². The van der Waals surface area contributed by atoms with Crippen molar-refractivity contribution < 1.29 is 14.3 Å². The van der Waals surface area contributed by atoms with Gasteiger partial charge in [0, 0.05) is 17.5 Å². The fraction of sp³-hybridized carbons (Fsp3) is 0.375. The highest BCUT2D eigenvalue weighted by Gasteiger charge is 2.26. The second-order valence-electron chi connectivity index (χ2n) is 5.09. The van der Waals surface area contributed by atoms with E-state index in [9.17, 15) is 5.11 Å². The molecule has 0 aliphatic carbocycles. The van der Waals surface area contributed by atoms with Gasteiger partial charge in [-0.2, -0.15) is 0 Å². The minimum atomic E-state index is -0.689. The largest absolute Gasteiger partial charge is 0.493 e. The van der Waals surface area contributed by atoms with Gasteiger partial charge in [-0.05, 0) is 31.9 Å². The molecule has 1 N–H and O–H groups in total. The van der Waals surface area contributed by atoms with Gasteiger partial charge in [0.15, 0.2) is 0 Å². The van der Waals surface area contributed by atoms with E-state index in [0.29, 0.717) is 6.61 Å². The van der Waals surface area contributed by atoms with E-state index >= 15 is 0 Å². The van der Waals surface area contributed by atoms with Gasteiger partial charge < -0.3 is 14.3 Å². The van der Waals surface area contributed by atoms with E-state index in [4.69, 9.17) is 9.15 Å². The van der Waals surface area contributed by atoms with Crippen LogP contribution < -0.4 is 4.74 Å². The van der Waals surface area contributed by atoms with Gasteiger partial charge in [0.1, 0.15) is 23.4 Å². The van der Waals surface area contributed by atoms with Crippen LogP contribution in [-0.4, -0.2) is 11.7 Å². The first-order valence-electron chi connectivity index (χ1n) is 6.58. The molecule has 1 atom stereocenters. The summed E-state index contributed by atoms with van der Waals surface area (Å²) in [5, 5.41) is 10.7. The third-order valence-corrected chi connectivity index (χ3v) is 3.93. The predicted octanol–water partition coefficient (Wildman–Crippen LogP) is 3.22. The Balaban J connectivity index is 2.10. The fourth-order valence-electron chi connectivity index (χ4n) is 2.82. The lowest BCUT2D eigenvalue weighted by atomic mass is 9.96. The Labute approximate surface area is 112 Å². The molecule has 100 valence electrons. The van der Waals surface area contributed by atoms with Gasteiger partial charge in [-0.1, -0.05) is 18.2 Å². The number of aliphatic hydroxyl groups excluding tert-OH is 1. The molecule has 1 unspecified atom stereocenters. The van der Waals surface area contributed by atoms with Gasteiger partial charge in [0.2, 0.25) is 0 Å². The number of para-hydroxylation sites is 1. The summed E-state index contributed by atoms with van der Waals surface area (Å²) >= 11 is 0. The van der Waals surface area contributed by atoms with Crippen LogP contribution in [0.1, 0.15) is 39.9 Å². The first-order valence-corrected chi connectivity index (χ1v) is 6.58. The van der Waals surface area contributed by atoms with E-state index in [2.05, 4.69) is 6.07 Å². The summed E-state index contributed by atoms with van der Waals surface area (Å²) in [6, 6.07) is 5.96. The Bertz CT molecular complexity index is 625. The van der Waals surface area contributed by atoms with Crippen molar-refractivity contribution in [2.24, 2.45) is 0 Å². The summed E-state index contributed by atoms with van der Waals surface area (Å²) in [7, 11) is 0. The number of rotatable bonds is 2. The lowest BCUT2D eigenvalue weighted by Crippen LogP contribution is -2.04. The predicted molar refractivity (Wildman–Crippen MR) is 72.6 cm³/mol. The molecule has 1 aromatic carbocycles. The van der Waals surface area contributed by atoms with Crippen LogP contribution in [-0.2, 0) is 6.42 Å². The molecule has 0 amide bonds. The second kappa shape index (κ2) is 4.42. The van der Waals surface area contributed by atoms with E-state index in [1.54, 1.807) is 0 Å². The molecule has 0 saturated heterocycles. The van der Waals surface area contributed by atoms with E-state index in [1.807, 2.05) is 32.9 Å². The van der Waals surface area contributed by atoms with Crippen molar-refractivity contribution in [3.8, 4) is 5.75 Å². The van der Waals surface area contributed by atoms with Crippen molar-refractivity contribution in [2.45, 2.75) is 33.3 Å². The van der Waals surface area contributed by atoms with Crippen molar-refractivity contribution in [1.29, 1.82) is 0 Å². The summed E-state index contributed by atoms with van der Waals surface area (Å²) in [6.45, 7) is 6.49. The van der Waals surface area contributed by atoms with Crippen molar-refractivity contribution >= 4 is 0 Å². The molecule has 2 heterocycles. The van der Waals surface area contributed by atoms with E-state index in [-0.39, 0.29) is 0 Å². The molecule has 3 heteroatoms. The average Bonchev–Trinajstić information content (AvgIpc) is 2.94. The lowest BCUT2D eigenvalue weighted by Gasteiger charge is -2.15. The maximum absolute atomic E-state index is 10.7. The molecule has 0 fully saturated rings. The molecule has 1 aliphatic heterocycles. The van der Waals surface area contributed by atoms with Gasteiger partial charge in [-0.15, -0.1) is 0 Å². The minimum absolute atomic E-state index is 0.689. The van der Waals surface area contributed by atoms with Crippen LogP contribution >= 0.6 is 0 Å². The molecule has 0 radical (unpaired) electrons. The standard InChI is InChI=1S/C16H18O3/c1-9-10(2)19-11(3)14(9)15(17)13-6-4-5-12-7-8-18-16(12)13/h4-6,15,17H,7-8H2,1-3H3. The lowest BCUT2D eigenvalue weighted by molar-refractivity contribution is 0.211. The molecule has 3 rings (SSSR count). The molecule has 2 aromatic rings. The molecular weight excluding hydrogens is 240 g/mol. The van der Waals surface area contributed by atoms with Crippen LogP contribution in [0.3, 0.4) is 0 Å². The Morgan fingerprint density at radius 1 is 1.16 bits per heavy atom.